The monoisotopic (exact) mass is 460 g/mol. The molecular formula is C24H27F3N4O2. The third kappa shape index (κ3) is 7.27. The minimum Gasteiger partial charge on any atom is -0.497 e. The smallest absolute Gasteiger partial charge is 0.421 e. The highest BCUT2D eigenvalue weighted by molar-refractivity contribution is 5.64. The second kappa shape index (κ2) is 11.4. The van der Waals surface area contributed by atoms with Gasteiger partial charge in [0.1, 0.15) is 22.9 Å². The predicted octanol–water partition coefficient (Wildman–Crippen LogP) is 6.95. The Morgan fingerprint density at radius 3 is 2.39 bits per heavy atom. The fraction of sp³-hybridized carbons (Fsp3) is 0.333. The number of rotatable bonds is 11. The number of benzene rings is 2. The number of ether oxygens (including phenoxy) is 2. The van der Waals surface area contributed by atoms with E-state index in [1.807, 2.05) is 0 Å². The Labute approximate surface area is 191 Å². The van der Waals surface area contributed by atoms with Crippen molar-refractivity contribution in [3.8, 4) is 11.5 Å². The van der Waals surface area contributed by atoms with Crippen LogP contribution < -0.4 is 20.1 Å². The quantitative estimate of drug-likeness (QED) is 0.302. The van der Waals surface area contributed by atoms with Gasteiger partial charge in [0.2, 0.25) is 5.95 Å². The van der Waals surface area contributed by atoms with E-state index < -0.39 is 11.7 Å². The van der Waals surface area contributed by atoms with Crippen LogP contribution >= 0.6 is 0 Å². The SMILES string of the molecule is CCCCCCOc1ccc(Nc2ncc(C(F)(F)F)c(Nc3cccc(OC)c3)n2)cc1. The molecule has 0 saturated carbocycles. The predicted molar refractivity (Wildman–Crippen MR) is 123 cm³/mol. The number of hydrogen-bond donors (Lipinski definition) is 2. The van der Waals surface area contributed by atoms with E-state index in [0.29, 0.717) is 23.7 Å². The number of hydrogen-bond acceptors (Lipinski definition) is 6. The standard InChI is InChI=1S/C24H27F3N4O2/c1-3-4-5-6-14-33-19-12-10-17(11-13-19)30-23-28-16-21(24(25,26)27)22(31-23)29-18-8-7-9-20(15-18)32-2/h7-13,15-16H,3-6,14H2,1-2H3,(H2,28,29,30,31). The van der Waals surface area contributed by atoms with Crippen LogP contribution in [0.2, 0.25) is 0 Å². The molecule has 3 aromatic rings. The van der Waals surface area contributed by atoms with Crippen LogP contribution in [-0.4, -0.2) is 23.7 Å². The number of alkyl halides is 3. The molecule has 0 atom stereocenters. The summed E-state index contributed by atoms with van der Waals surface area (Å²) in [6.45, 7) is 2.80. The molecule has 2 aromatic carbocycles. The van der Waals surface area contributed by atoms with E-state index in [2.05, 4.69) is 27.5 Å². The van der Waals surface area contributed by atoms with Crippen LogP contribution in [0.1, 0.15) is 38.2 Å². The van der Waals surface area contributed by atoms with Gasteiger partial charge in [-0.25, -0.2) is 4.98 Å². The summed E-state index contributed by atoms with van der Waals surface area (Å²) in [5, 5.41) is 5.65. The number of halogens is 3. The number of anilines is 4. The zero-order valence-corrected chi connectivity index (χ0v) is 18.6. The molecule has 0 fully saturated rings. The molecule has 3 rings (SSSR count). The van der Waals surface area contributed by atoms with Gasteiger partial charge in [0.25, 0.3) is 0 Å². The van der Waals surface area contributed by atoms with Crippen molar-refractivity contribution in [2.75, 3.05) is 24.4 Å². The summed E-state index contributed by atoms with van der Waals surface area (Å²) in [4.78, 5) is 7.90. The van der Waals surface area contributed by atoms with Gasteiger partial charge in [-0.2, -0.15) is 18.2 Å². The Kier molecular flexibility index (Phi) is 8.34. The third-order valence-electron chi connectivity index (χ3n) is 4.80. The molecule has 0 amide bonds. The molecule has 0 spiro atoms. The van der Waals surface area contributed by atoms with Crippen molar-refractivity contribution in [2.24, 2.45) is 0 Å². The molecule has 1 aromatic heterocycles. The Morgan fingerprint density at radius 1 is 0.909 bits per heavy atom. The van der Waals surface area contributed by atoms with Gasteiger partial charge in [0.15, 0.2) is 0 Å². The van der Waals surface area contributed by atoms with E-state index in [-0.39, 0.29) is 11.8 Å². The molecule has 0 saturated heterocycles. The first-order chi connectivity index (χ1) is 15.9. The fourth-order valence-electron chi connectivity index (χ4n) is 3.06. The van der Waals surface area contributed by atoms with Gasteiger partial charge in [0, 0.05) is 23.6 Å². The second-order valence-corrected chi connectivity index (χ2v) is 7.37. The molecule has 0 aliphatic rings. The highest BCUT2D eigenvalue weighted by Gasteiger charge is 2.35. The Morgan fingerprint density at radius 2 is 1.70 bits per heavy atom. The van der Waals surface area contributed by atoms with Crippen LogP contribution in [0.5, 0.6) is 11.5 Å². The van der Waals surface area contributed by atoms with Gasteiger partial charge in [-0.05, 0) is 42.8 Å². The maximum Gasteiger partial charge on any atom is 0.421 e. The highest BCUT2D eigenvalue weighted by Crippen LogP contribution is 2.35. The average molecular weight is 461 g/mol. The average Bonchev–Trinajstić information content (AvgIpc) is 2.79. The number of nitrogens with one attached hydrogen (secondary N) is 2. The summed E-state index contributed by atoms with van der Waals surface area (Å²) >= 11 is 0. The molecule has 0 aliphatic heterocycles. The summed E-state index contributed by atoms with van der Waals surface area (Å²) in [6, 6.07) is 13.7. The number of nitrogens with zero attached hydrogens (tertiary/aromatic N) is 2. The summed E-state index contributed by atoms with van der Waals surface area (Å²) in [7, 11) is 1.48. The zero-order valence-electron chi connectivity index (χ0n) is 18.6. The molecule has 1 heterocycles. The van der Waals surface area contributed by atoms with E-state index in [1.165, 1.54) is 20.0 Å². The molecule has 0 unspecified atom stereocenters. The van der Waals surface area contributed by atoms with Crippen molar-refractivity contribution in [3.63, 3.8) is 0 Å². The largest absolute Gasteiger partial charge is 0.497 e. The number of methoxy groups -OCH3 is 1. The first-order valence-electron chi connectivity index (χ1n) is 10.7. The second-order valence-electron chi connectivity index (χ2n) is 7.37. The van der Waals surface area contributed by atoms with E-state index in [0.717, 1.165) is 24.8 Å². The van der Waals surface area contributed by atoms with Gasteiger partial charge in [-0.3, -0.25) is 0 Å². The Bertz CT molecular complexity index is 1030. The summed E-state index contributed by atoms with van der Waals surface area (Å²) in [5.41, 5.74) is 0.0630. The summed E-state index contributed by atoms with van der Waals surface area (Å²) < 4.78 is 51.3. The zero-order chi connectivity index (χ0) is 23.7. The van der Waals surface area contributed by atoms with Crippen LogP contribution in [0.3, 0.4) is 0 Å². The minimum absolute atomic E-state index is 0.0293. The van der Waals surface area contributed by atoms with Crippen molar-refractivity contribution in [2.45, 2.75) is 38.8 Å². The van der Waals surface area contributed by atoms with Gasteiger partial charge in [0.05, 0.1) is 13.7 Å². The minimum atomic E-state index is -4.62. The van der Waals surface area contributed by atoms with E-state index >= 15 is 0 Å². The summed E-state index contributed by atoms with van der Waals surface area (Å²) in [5.74, 6) is 0.904. The molecule has 33 heavy (non-hydrogen) atoms. The van der Waals surface area contributed by atoms with Gasteiger partial charge in [-0.15, -0.1) is 0 Å². The molecule has 6 nitrogen and oxygen atoms in total. The molecule has 176 valence electrons. The van der Waals surface area contributed by atoms with Gasteiger partial charge < -0.3 is 20.1 Å². The summed E-state index contributed by atoms with van der Waals surface area (Å²) in [6.07, 6.45) is 0.627. The molecule has 0 aliphatic carbocycles. The maximum absolute atomic E-state index is 13.5. The fourth-order valence-corrected chi connectivity index (χ4v) is 3.06. The molecular weight excluding hydrogens is 433 g/mol. The van der Waals surface area contributed by atoms with Crippen molar-refractivity contribution in [1.29, 1.82) is 0 Å². The maximum atomic E-state index is 13.5. The normalized spacial score (nSPS) is 11.2. The molecule has 0 radical (unpaired) electrons. The molecule has 0 bridgehead atoms. The lowest BCUT2D eigenvalue weighted by atomic mass is 10.2. The topological polar surface area (TPSA) is 68.3 Å². The Balaban J connectivity index is 1.72. The first kappa shape index (κ1) is 24.2. The lowest BCUT2D eigenvalue weighted by Crippen LogP contribution is -2.12. The number of aromatic nitrogens is 2. The van der Waals surface area contributed by atoms with Crippen LogP contribution in [0.15, 0.2) is 54.7 Å². The van der Waals surface area contributed by atoms with Crippen LogP contribution in [0.25, 0.3) is 0 Å². The first-order valence-corrected chi connectivity index (χ1v) is 10.7. The highest BCUT2D eigenvalue weighted by atomic mass is 19.4. The van der Waals surface area contributed by atoms with E-state index in [9.17, 15) is 13.2 Å². The van der Waals surface area contributed by atoms with Crippen molar-refractivity contribution >= 4 is 23.1 Å². The lowest BCUT2D eigenvalue weighted by Gasteiger charge is -2.15. The molecule has 9 heteroatoms. The van der Waals surface area contributed by atoms with Crippen LogP contribution in [-0.2, 0) is 6.18 Å². The van der Waals surface area contributed by atoms with Crippen molar-refractivity contribution in [3.05, 3.63) is 60.3 Å². The molecule has 2 N–H and O–H groups in total. The van der Waals surface area contributed by atoms with E-state index in [4.69, 9.17) is 9.47 Å². The third-order valence-corrected chi connectivity index (χ3v) is 4.80. The van der Waals surface area contributed by atoms with Crippen molar-refractivity contribution < 1.29 is 22.6 Å². The van der Waals surface area contributed by atoms with Crippen LogP contribution in [0, 0.1) is 0 Å². The van der Waals surface area contributed by atoms with Crippen LogP contribution in [0.4, 0.5) is 36.3 Å². The van der Waals surface area contributed by atoms with Gasteiger partial charge in [-0.1, -0.05) is 32.3 Å². The van der Waals surface area contributed by atoms with E-state index in [1.54, 1.807) is 48.5 Å². The van der Waals surface area contributed by atoms with Crippen molar-refractivity contribution in [1.82, 2.24) is 9.97 Å². The Hall–Kier alpha value is -3.49. The number of unbranched alkanes of at least 4 members (excludes halogenated alkanes) is 3. The lowest BCUT2D eigenvalue weighted by molar-refractivity contribution is -0.137. The van der Waals surface area contributed by atoms with Gasteiger partial charge >= 0.3 is 6.18 Å².